The minimum Gasteiger partial charge on any atom is -0.416 e. The summed E-state index contributed by atoms with van der Waals surface area (Å²) >= 11 is 0. The minimum absolute atomic E-state index is 0.519. The van der Waals surface area contributed by atoms with E-state index in [-0.39, 0.29) is 0 Å². The molecule has 3 rings (SSSR count). The van der Waals surface area contributed by atoms with Crippen LogP contribution >= 0.6 is 0 Å². The van der Waals surface area contributed by atoms with E-state index in [0.29, 0.717) is 11.8 Å². The Bertz CT molecular complexity index is 655. The van der Waals surface area contributed by atoms with Crippen molar-refractivity contribution in [3.63, 3.8) is 0 Å². The molecule has 0 spiro atoms. The van der Waals surface area contributed by atoms with E-state index in [1.165, 1.54) is 0 Å². The van der Waals surface area contributed by atoms with Crippen LogP contribution < -0.4 is 10.6 Å². The molecule has 1 heterocycles. The lowest BCUT2D eigenvalue weighted by Crippen LogP contribution is -1.86. The quantitative estimate of drug-likeness (QED) is 0.766. The molecule has 0 radical (unpaired) electrons. The summed E-state index contributed by atoms with van der Waals surface area (Å²) in [5.41, 5.74) is 3.89. The summed E-state index contributed by atoms with van der Waals surface area (Å²) in [7, 11) is 3.77. The molecule has 2 aromatic carbocycles. The molecule has 2 N–H and O–H groups in total. The van der Waals surface area contributed by atoms with Gasteiger partial charge in [0.15, 0.2) is 0 Å². The zero-order valence-electron chi connectivity index (χ0n) is 11.9. The Hall–Kier alpha value is -2.82. The summed E-state index contributed by atoms with van der Waals surface area (Å²) in [5, 5.41) is 14.4. The third-order valence-electron chi connectivity index (χ3n) is 3.27. The Labute approximate surface area is 123 Å². The van der Waals surface area contributed by atoms with Gasteiger partial charge in [-0.3, -0.25) is 0 Å². The molecule has 0 aliphatic carbocycles. The second-order valence-corrected chi connectivity index (χ2v) is 4.57. The molecular weight excluding hydrogens is 264 g/mol. The Morgan fingerprint density at radius 1 is 0.667 bits per heavy atom. The van der Waals surface area contributed by atoms with Crippen LogP contribution in [-0.2, 0) is 0 Å². The van der Waals surface area contributed by atoms with Gasteiger partial charge in [0.2, 0.25) is 11.8 Å². The van der Waals surface area contributed by atoms with Crippen LogP contribution in [0.15, 0.2) is 52.9 Å². The normalized spacial score (nSPS) is 10.4. The first kappa shape index (κ1) is 13.2. The number of anilines is 2. The Morgan fingerprint density at radius 2 is 1.05 bits per heavy atom. The summed E-state index contributed by atoms with van der Waals surface area (Å²) in [6.45, 7) is 0. The fourth-order valence-corrected chi connectivity index (χ4v) is 2.02. The fourth-order valence-electron chi connectivity index (χ4n) is 2.02. The van der Waals surface area contributed by atoms with Crippen molar-refractivity contribution in [2.45, 2.75) is 0 Å². The molecule has 5 heteroatoms. The second kappa shape index (κ2) is 5.66. The molecule has 0 aliphatic heterocycles. The maximum absolute atomic E-state index is 5.74. The van der Waals surface area contributed by atoms with Crippen LogP contribution in [0.4, 0.5) is 11.4 Å². The van der Waals surface area contributed by atoms with Crippen LogP contribution in [-0.4, -0.2) is 24.3 Å². The molecule has 3 aromatic rings. The predicted octanol–water partition coefficient (Wildman–Crippen LogP) is 3.49. The fraction of sp³-hybridized carbons (Fsp3) is 0.125. The topological polar surface area (TPSA) is 63.0 Å². The molecule has 0 saturated heterocycles. The van der Waals surface area contributed by atoms with Crippen molar-refractivity contribution in [2.75, 3.05) is 24.7 Å². The highest BCUT2D eigenvalue weighted by Crippen LogP contribution is 2.25. The highest BCUT2D eigenvalue weighted by Gasteiger charge is 2.10. The van der Waals surface area contributed by atoms with Gasteiger partial charge in [-0.1, -0.05) is 0 Å². The summed E-state index contributed by atoms with van der Waals surface area (Å²) in [6.07, 6.45) is 0. The van der Waals surface area contributed by atoms with E-state index < -0.39 is 0 Å². The number of benzene rings is 2. The van der Waals surface area contributed by atoms with Crippen molar-refractivity contribution in [2.24, 2.45) is 0 Å². The summed E-state index contributed by atoms with van der Waals surface area (Å²) in [5.74, 6) is 1.04. The van der Waals surface area contributed by atoms with Gasteiger partial charge in [0.05, 0.1) is 0 Å². The van der Waals surface area contributed by atoms with Crippen molar-refractivity contribution in [3.05, 3.63) is 48.5 Å². The van der Waals surface area contributed by atoms with Crippen LogP contribution in [0.5, 0.6) is 0 Å². The van der Waals surface area contributed by atoms with Crippen molar-refractivity contribution in [3.8, 4) is 22.9 Å². The van der Waals surface area contributed by atoms with Crippen molar-refractivity contribution in [1.82, 2.24) is 10.2 Å². The number of hydrogen-bond donors (Lipinski definition) is 2. The second-order valence-electron chi connectivity index (χ2n) is 4.57. The molecule has 106 valence electrons. The molecule has 0 atom stereocenters. The molecule has 0 amide bonds. The van der Waals surface area contributed by atoms with Crippen molar-refractivity contribution >= 4 is 11.4 Å². The zero-order valence-corrected chi connectivity index (χ0v) is 11.9. The third-order valence-corrected chi connectivity index (χ3v) is 3.27. The van der Waals surface area contributed by atoms with Crippen LogP contribution in [0.1, 0.15) is 0 Å². The first-order valence-electron chi connectivity index (χ1n) is 6.70. The van der Waals surface area contributed by atoms with Crippen LogP contribution in [0.2, 0.25) is 0 Å². The monoisotopic (exact) mass is 280 g/mol. The first-order chi connectivity index (χ1) is 10.3. The molecule has 0 fully saturated rings. The summed E-state index contributed by atoms with van der Waals surface area (Å²) in [4.78, 5) is 0. The number of nitrogens with one attached hydrogen (secondary N) is 2. The minimum atomic E-state index is 0.519. The van der Waals surface area contributed by atoms with Crippen molar-refractivity contribution < 1.29 is 4.42 Å². The lowest BCUT2D eigenvalue weighted by molar-refractivity contribution is 0.584. The lowest BCUT2D eigenvalue weighted by Gasteiger charge is -2.00. The van der Waals surface area contributed by atoms with Gasteiger partial charge in [-0.15, -0.1) is 10.2 Å². The lowest BCUT2D eigenvalue weighted by atomic mass is 10.2. The van der Waals surface area contributed by atoms with Crippen LogP contribution in [0, 0.1) is 0 Å². The average molecular weight is 280 g/mol. The zero-order chi connectivity index (χ0) is 14.7. The molecule has 0 unspecified atom stereocenters. The van der Waals surface area contributed by atoms with Crippen LogP contribution in [0.25, 0.3) is 22.9 Å². The molecule has 1 aromatic heterocycles. The maximum Gasteiger partial charge on any atom is 0.248 e. The number of nitrogens with zero attached hydrogens (tertiary/aromatic N) is 2. The van der Waals surface area contributed by atoms with Gasteiger partial charge >= 0.3 is 0 Å². The smallest absolute Gasteiger partial charge is 0.248 e. The standard InChI is InChI=1S/C16H16N4O/c1-17-13-7-3-11(4-8-13)15-19-20-16(21-15)12-5-9-14(18-2)10-6-12/h3-10,17-18H,1-2H3. The maximum atomic E-state index is 5.74. The molecule has 21 heavy (non-hydrogen) atoms. The number of aromatic nitrogens is 2. The first-order valence-corrected chi connectivity index (χ1v) is 6.70. The SMILES string of the molecule is CNc1ccc(-c2nnc(-c3ccc(NC)cc3)o2)cc1. The van der Waals surface area contributed by atoms with Gasteiger partial charge in [-0.25, -0.2) is 0 Å². The molecule has 0 saturated carbocycles. The predicted molar refractivity (Wildman–Crippen MR) is 84.3 cm³/mol. The molecule has 0 bridgehead atoms. The Balaban J connectivity index is 1.87. The van der Waals surface area contributed by atoms with Gasteiger partial charge < -0.3 is 15.1 Å². The summed E-state index contributed by atoms with van der Waals surface area (Å²) in [6, 6.07) is 15.7. The van der Waals surface area contributed by atoms with Gasteiger partial charge in [-0.05, 0) is 48.5 Å². The van der Waals surface area contributed by atoms with E-state index in [0.717, 1.165) is 22.5 Å². The largest absolute Gasteiger partial charge is 0.416 e. The average Bonchev–Trinajstić information content (AvgIpc) is 3.05. The Morgan fingerprint density at radius 3 is 1.38 bits per heavy atom. The van der Waals surface area contributed by atoms with Gasteiger partial charge in [0.25, 0.3) is 0 Å². The van der Waals surface area contributed by atoms with Gasteiger partial charge in [0, 0.05) is 36.6 Å². The van der Waals surface area contributed by atoms with E-state index in [9.17, 15) is 0 Å². The van der Waals surface area contributed by atoms with E-state index in [1.807, 2.05) is 62.6 Å². The third kappa shape index (κ3) is 2.72. The molecular formula is C16H16N4O. The molecule has 0 aliphatic rings. The summed E-state index contributed by atoms with van der Waals surface area (Å²) < 4.78 is 5.74. The van der Waals surface area contributed by atoms with Gasteiger partial charge in [-0.2, -0.15) is 0 Å². The van der Waals surface area contributed by atoms with E-state index in [2.05, 4.69) is 20.8 Å². The number of rotatable bonds is 4. The highest BCUT2D eigenvalue weighted by atomic mass is 16.4. The van der Waals surface area contributed by atoms with Crippen LogP contribution in [0.3, 0.4) is 0 Å². The van der Waals surface area contributed by atoms with E-state index in [1.54, 1.807) is 0 Å². The van der Waals surface area contributed by atoms with E-state index in [4.69, 9.17) is 4.42 Å². The highest BCUT2D eigenvalue weighted by molar-refractivity contribution is 5.62. The van der Waals surface area contributed by atoms with Crippen molar-refractivity contribution in [1.29, 1.82) is 0 Å². The van der Waals surface area contributed by atoms with E-state index >= 15 is 0 Å². The number of hydrogen-bond acceptors (Lipinski definition) is 5. The Kier molecular flexibility index (Phi) is 3.55. The van der Waals surface area contributed by atoms with Gasteiger partial charge in [0.1, 0.15) is 0 Å². The molecule has 5 nitrogen and oxygen atoms in total.